The fourth-order valence-electron chi connectivity index (χ4n) is 6.21. The number of thiophene rings is 1. The minimum Gasteiger partial charge on any atom is -0.228 e. The van der Waals surface area contributed by atoms with Crippen molar-refractivity contribution >= 4 is 43.2 Å². The predicted octanol–water partition coefficient (Wildman–Crippen LogP) is 12.5. The molecule has 8 aromatic rings. The van der Waals surface area contributed by atoms with E-state index in [2.05, 4.69) is 153 Å². The van der Waals surface area contributed by atoms with Crippen molar-refractivity contribution in [1.82, 2.24) is 9.97 Å². The number of aryl methyl sites for hydroxylation is 1. The van der Waals surface area contributed by atoms with Crippen LogP contribution in [0.5, 0.6) is 0 Å². The Hall–Kier alpha value is -5.90. The second-order valence-electron chi connectivity index (χ2n) is 12.0. The summed E-state index contributed by atoms with van der Waals surface area (Å²) < 4.78 is 2.64. The van der Waals surface area contributed by atoms with Gasteiger partial charge in [0.2, 0.25) is 0 Å². The molecule has 3 heteroatoms. The van der Waals surface area contributed by atoms with Gasteiger partial charge in [-0.05, 0) is 70.7 Å². The molecule has 0 N–H and O–H groups in total. The van der Waals surface area contributed by atoms with Gasteiger partial charge in [-0.2, -0.15) is 0 Å². The van der Waals surface area contributed by atoms with Crippen molar-refractivity contribution in [2.75, 3.05) is 0 Å². The van der Waals surface area contributed by atoms with Gasteiger partial charge in [0.1, 0.15) is 0 Å². The Morgan fingerprint density at radius 1 is 0.542 bits per heavy atom. The maximum Gasteiger partial charge on any atom is 0.160 e. The highest BCUT2D eigenvalue weighted by Crippen LogP contribution is 2.37. The monoisotopic (exact) mass is 632 g/mol. The molecule has 0 aliphatic carbocycles. The summed E-state index contributed by atoms with van der Waals surface area (Å²) in [6, 6.07) is 53.4. The lowest BCUT2D eigenvalue weighted by Gasteiger charge is -2.11. The smallest absolute Gasteiger partial charge is 0.160 e. The average Bonchev–Trinajstić information content (AvgIpc) is 3.53. The zero-order valence-corrected chi connectivity index (χ0v) is 27.4. The maximum atomic E-state index is 5.05. The number of fused-ring (bicyclic) bond motifs is 3. The SMILES string of the molecule is C=C/C(=C\c1ccccc1C)c1ccc(-c2cc(-c3ccc(-c4ccc5sc6ccccc6c5c4)cc3)nc(-c3ccccc3)n2)cc1. The Balaban J connectivity index is 1.15. The Bertz CT molecular complexity index is 2450. The van der Waals surface area contributed by atoms with Gasteiger partial charge in [-0.15, -0.1) is 11.3 Å². The largest absolute Gasteiger partial charge is 0.228 e. The fourth-order valence-corrected chi connectivity index (χ4v) is 7.29. The Morgan fingerprint density at radius 2 is 1.15 bits per heavy atom. The zero-order valence-electron chi connectivity index (χ0n) is 26.6. The number of aromatic nitrogens is 2. The van der Waals surface area contributed by atoms with Crippen LogP contribution in [0.3, 0.4) is 0 Å². The van der Waals surface area contributed by atoms with Gasteiger partial charge >= 0.3 is 0 Å². The molecule has 0 spiro atoms. The Kier molecular flexibility index (Phi) is 7.81. The molecule has 228 valence electrons. The molecule has 6 aromatic carbocycles. The van der Waals surface area contributed by atoms with Gasteiger partial charge in [-0.25, -0.2) is 9.97 Å². The van der Waals surface area contributed by atoms with E-state index in [4.69, 9.17) is 9.97 Å². The molecule has 2 aromatic heterocycles. The summed E-state index contributed by atoms with van der Waals surface area (Å²) >= 11 is 1.85. The van der Waals surface area contributed by atoms with Gasteiger partial charge in [-0.3, -0.25) is 0 Å². The van der Waals surface area contributed by atoms with Crippen molar-refractivity contribution in [3.05, 3.63) is 181 Å². The third kappa shape index (κ3) is 5.77. The molecule has 0 amide bonds. The van der Waals surface area contributed by atoms with Gasteiger partial charge in [0.25, 0.3) is 0 Å². The molecule has 0 radical (unpaired) electrons. The van der Waals surface area contributed by atoms with E-state index in [0.29, 0.717) is 5.82 Å². The third-order valence-electron chi connectivity index (χ3n) is 8.88. The molecule has 2 heterocycles. The number of allylic oxidation sites excluding steroid dienone is 2. The summed E-state index contributed by atoms with van der Waals surface area (Å²) in [7, 11) is 0. The Labute approximate surface area is 285 Å². The molecular formula is C45H32N2S. The molecule has 2 nitrogen and oxygen atoms in total. The summed E-state index contributed by atoms with van der Waals surface area (Å²) in [5.41, 5.74) is 11.8. The van der Waals surface area contributed by atoms with Crippen LogP contribution in [-0.4, -0.2) is 9.97 Å². The minimum absolute atomic E-state index is 0.706. The van der Waals surface area contributed by atoms with Crippen molar-refractivity contribution < 1.29 is 0 Å². The molecule has 48 heavy (non-hydrogen) atoms. The van der Waals surface area contributed by atoms with Crippen LogP contribution in [-0.2, 0) is 0 Å². The van der Waals surface area contributed by atoms with E-state index in [1.165, 1.54) is 42.4 Å². The van der Waals surface area contributed by atoms with Gasteiger partial charge in [0.05, 0.1) is 11.4 Å². The maximum absolute atomic E-state index is 5.05. The quantitative estimate of drug-likeness (QED) is 0.129. The van der Waals surface area contributed by atoms with Crippen molar-refractivity contribution in [2.45, 2.75) is 6.92 Å². The zero-order chi connectivity index (χ0) is 32.5. The fraction of sp³-hybridized carbons (Fsp3) is 0.0222. The van der Waals surface area contributed by atoms with Crippen molar-refractivity contribution in [2.24, 2.45) is 0 Å². The van der Waals surface area contributed by atoms with Crippen LogP contribution in [0.25, 0.3) is 76.9 Å². The molecule has 0 fully saturated rings. The van der Waals surface area contributed by atoms with Gasteiger partial charge in [-0.1, -0.05) is 140 Å². The summed E-state index contributed by atoms with van der Waals surface area (Å²) in [6.07, 6.45) is 4.11. The lowest BCUT2D eigenvalue weighted by Crippen LogP contribution is -1.96. The molecular weight excluding hydrogens is 601 g/mol. The molecule has 0 atom stereocenters. The topological polar surface area (TPSA) is 25.8 Å². The molecule has 0 unspecified atom stereocenters. The van der Waals surface area contributed by atoms with Crippen molar-refractivity contribution in [3.8, 4) is 45.0 Å². The van der Waals surface area contributed by atoms with Crippen LogP contribution in [0.1, 0.15) is 16.7 Å². The number of hydrogen-bond acceptors (Lipinski definition) is 3. The van der Waals surface area contributed by atoms with Gasteiger partial charge in [0.15, 0.2) is 5.82 Å². The van der Waals surface area contributed by atoms with E-state index in [1.807, 2.05) is 35.6 Å². The molecule has 0 saturated carbocycles. The number of benzene rings is 6. The van der Waals surface area contributed by atoms with Crippen LogP contribution in [0.2, 0.25) is 0 Å². The normalized spacial score (nSPS) is 11.6. The van der Waals surface area contributed by atoms with Crippen LogP contribution < -0.4 is 0 Å². The van der Waals surface area contributed by atoms with Crippen LogP contribution >= 0.6 is 11.3 Å². The van der Waals surface area contributed by atoms with E-state index in [-0.39, 0.29) is 0 Å². The van der Waals surface area contributed by atoms with Crippen LogP contribution in [0.15, 0.2) is 164 Å². The number of hydrogen-bond donors (Lipinski definition) is 0. The highest BCUT2D eigenvalue weighted by atomic mass is 32.1. The molecule has 0 aliphatic rings. The molecule has 0 aliphatic heterocycles. The van der Waals surface area contributed by atoms with Crippen LogP contribution in [0, 0.1) is 6.92 Å². The highest BCUT2D eigenvalue weighted by Gasteiger charge is 2.12. The number of rotatable bonds is 7. The third-order valence-corrected chi connectivity index (χ3v) is 10.0. The summed E-state index contributed by atoms with van der Waals surface area (Å²) in [6.45, 7) is 6.22. The summed E-state index contributed by atoms with van der Waals surface area (Å²) in [5.74, 6) is 0.706. The summed E-state index contributed by atoms with van der Waals surface area (Å²) in [5, 5.41) is 2.62. The van der Waals surface area contributed by atoms with E-state index in [0.717, 1.165) is 39.2 Å². The molecule has 0 saturated heterocycles. The molecule has 8 rings (SSSR count). The molecule has 0 bridgehead atoms. The first-order chi connectivity index (χ1) is 23.6. The van der Waals surface area contributed by atoms with Crippen LogP contribution in [0.4, 0.5) is 0 Å². The van der Waals surface area contributed by atoms with E-state index in [1.54, 1.807) is 0 Å². The van der Waals surface area contributed by atoms with Gasteiger partial charge < -0.3 is 0 Å². The second kappa shape index (κ2) is 12.7. The van der Waals surface area contributed by atoms with E-state index >= 15 is 0 Å². The Morgan fingerprint density at radius 3 is 1.88 bits per heavy atom. The second-order valence-corrected chi connectivity index (χ2v) is 13.0. The standard InChI is InChI=1S/C45H32N2S/c1-3-31(27-37-14-8-7-11-30(37)2)32-17-21-34(22-18-32)41-29-42(47-45(46-41)36-12-5-4-6-13-36)35-23-19-33(20-24-35)38-25-26-44-40(28-38)39-15-9-10-16-43(39)48-44/h3-29H,1H2,2H3/b31-27+. The first-order valence-corrected chi connectivity index (χ1v) is 16.9. The van der Waals surface area contributed by atoms with E-state index < -0.39 is 0 Å². The van der Waals surface area contributed by atoms with Crippen molar-refractivity contribution in [1.29, 1.82) is 0 Å². The first kappa shape index (κ1) is 29.5. The van der Waals surface area contributed by atoms with Gasteiger partial charge in [0, 0.05) is 36.9 Å². The minimum atomic E-state index is 0.706. The predicted molar refractivity (Wildman–Crippen MR) is 206 cm³/mol. The highest BCUT2D eigenvalue weighted by molar-refractivity contribution is 7.25. The van der Waals surface area contributed by atoms with E-state index in [9.17, 15) is 0 Å². The number of nitrogens with zero attached hydrogens (tertiary/aromatic N) is 2. The first-order valence-electron chi connectivity index (χ1n) is 16.1. The lowest BCUT2D eigenvalue weighted by atomic mass is 9.98. The van der Waals surface area contributed by atoms with Crippen molar-refractivity contribution in [3.63, 3.8) is 0 Å². The average molecular weight is 633 g/mol. The summed E-state index contributed by atoms with van der Waals surface area (Å²) in [4.78, 5) is 10.1. The lowest BCUT2D eigenvalue weighted by molar-refractivity contribution is 1.18.